The first kappa shape index (κ1) is 37.0. The average molecular weight is 716 g/mol. The molecular formula is C32H48N16Ni. The molecule has 5 heterocycles. The van der Waals surface area contributed by atoms with Gasteiger partial charge in [-0.2, -0.15) is 0 Å². The smallest absolute Gasteiger partial charge is 0.375 e. The standard InChI is InChI=1S/C32H48N16.Ni/c1-41(2)17-18(42(3)4)26-33-25(17)37-27-19(43(5)6)20(44(7)8)29(34-27)39-31-23(47(13)14)24(48(15)16)32(36-31)40-30-22(46(11)12)21(45(9)10)28(35-30)38-26;/h1-16H3;/q-2;+2. The predicted octanol–water partition coefficient (Wildman–Crippen LogP) is 1.31. The van der Waals surface area contributed by atoms with E-state index in [1.54, 1.807) is 0 Å². The molecule has 49 heavy (non-hydrogen) atoms. The van der Waals surface area contributed by atoms with E-state index in [1.165, 1.54) is 0 Å². The van der Waals surface area contributed by atoms with Crippen molar-refractivity contribution in [1.29, 1.82) is 0 Å². The zero-order chi connectivity index (χ0) is 35.5. The molecular weight excluding hydrogens is 667 g/mol. The van der Waals surface area contributed by atoms with Gasteiger partial charge in [-0.25, -0.2) is 9.97 Å². The van der Waals surface area contributed by atoms with Crippen molar-refractivity contribution in [2.45, 2.75) is 0 Å². The minimum absolute atomic E-state index is 0. The molecule has 0 spiro atoms. The molecule has 0 radical (unpaired) electrons. The van der Waals surface area contributed by atoms with Crippen LogP contribution >= 0.6 is 0 Å². The fourth-order valence-electron chi connectivity index (χ4n) is 5.99. The second-order valence-corrected chi connectivity index (χ2v) is 13.4. The maximum Gasteiger partial charge on any atom is 2.00 e. The molecule has 16 nitrogen and oxygen atoms in total. The molecule has 17 heteroatoms. The van der Waals surface area contributed by atoms with Gasteiger partial charge < -0.3 is 69.1 Å². The minimum Gasteiger partial charge on any atom is -0.375 e. The molecule has 3 aromatic rings. The molecule has 8 bridgehead atoms. The molecule has 0 atom stereocenters. The molecule has 0 saturated heterocycles. The van der Waals surface area contributed by atoms with Crippen molar-refractivity contribution in [3.63, 3.8) is 0 Å². The van der Waals surface area contributed by atoms with Gasteiger partial charge in [0.25, 0.3) is 0 Å². The second-order valence-electron chi connectivity index (χ2n) is 13.4. The van der Waals surface area contributed by atoms with E-state index in [-0.39, 0.29) is 16.5 Å². The Kier molecular flexibility index (Phi) is 10.3. The summed E-state index contributed by atoms with van der Waals surface area (Å²) in [5.74, 6) is 1.95. The first-order valence-corrected chi connectivity index (χ1v) is 15.5. The van der Waals surface area contributed by atoms with E-state index in [9.17, 15) is 0 Å². The Hall–Kier alpha value is -4.79. The van der Waals surface area contributed by atoms with Crippen LogP contribution in [0.15, 0.2) is 0 Å². The van der Waals surface area contributed by atoms with Crippen molar-refractivity contribution in [2.75, 3.05) is 132 Å². The molecule has 0 unspecified atom stereocenters. The molecule has 0 N–H and O–H groups in total. The van der Waals surface area contributed by atoms with Gasteiger partial charge in [-0.05, 0) is 0 Å². The Morgan fingerprint density at radius 2 is 0.469 bits per heavy atom. The third-order valence-corrected chi connectivity index (χ3v) is 7.86. The number of aromatic nitrogens is 8. The monoisotopic (exact) mass is 714 g/mol. The Morgan fingerprint density at radius 1 is 0.286 bits per heavy atom. The van der Waals surface area contributed by atoms with Gasteiger partial charge in [-0.3, -0.25) is 0 Å². The molecule has 5 rings (SSSR count). The maximum absolute atomic E-state index is 5.13. The Balaban J connectivity index is 0.00000541. The normalized spacial score (nSPS) is 12.6. The van der Waals surface area contributed by atoms with Crippen molar-refractivity contribution < 1.29 is 16.5 Å². The number of fused-ring (bicyclic) bond motifs is 8. The topological polar surface area (TPSA) is 131 Å². The van der Waals surface area contributed by atoms with Crippen LogP contribution in [0.3, 0.4) is 0 Å². The van der Waals surface area contributed by atoms with Crippen LogP contribution in [0.5, 0.6) is 0 Å². The van der Waals surface area contributed by atoms with E-state index >= 15 is 0 Å². The number of rotatable bonds is 8. The summed E-state index contributed by atoms with van der Waals surface area (Å²) in [7, 11) is 31.6. The van der Waals surface area contributed by atoms with Gasteiger partial charge >= 0.3 is 16.5 Å². The zero-order valence-corrected chi connectivity index (χ0v) is 32.5. The van der Waals surface area contributed by atoms with Crippen LogP contribution in [-0.2, 0) is 16.5 Å². The van der Waals surface area contributed by atoms with Crippen LogP contribution in [0.4, 0.5) is 22.7 Å². The summed E-state index contributed by atoms with van der Waals surface area (Å²) < 4.78 is 0. The molecule has 266 valence electrons. The summed E-state index contributed by atoms with van der Waals surface area (Å²) in [5.41, 5.74) is 8.42. The van der Waals surface area contributed by atoms with E-state index in [1.807, 2.05) is 152 Å². The first-order chi connectivity index (χ1) is 22.4. The summed E-state index contributed by atoms with van der Waals surface area (Å²) >= 11 is 0. The van der Waals surface area contributed by atoms with Gasteiger partial charge in [-0.15, -0.1) is 0 Å². The summed E-state index contributed by atoms with van der Waals surface area (Å²) in [5, 5.41) is 0. The van der Waals surface area contributed by atoms with Crippen molar-refractivity contribution in [3.8, 4) is 0 Å². The fraction of sp³-hybridized carbons (Fsp3) is 0.500. The van der Waals surface area contributed by atoms with Crippen LogP contribution in [0.25, 0.3) is 45.4 Å². The van der Waals surface area contributed by atoms with Gasteiger partial charge in [0, 0.05) is 135 Å². The molecule has 2 aliphatic heterocycles. The molecule has 3 aromatic heterocycles. The van der Waals surface area contributed by atoms with Crippen LogP contribution in [0.2, 0.25) is 0 Å². The summed E-state index contributed by atoms with van der Waals surface area (Å²) in [6.45, 7) is 0. The summed E-state index contributed by atoms with van der Waals surface area (Å²) in [6, 6.07) is 0. The van der Waals surface area contributed by atoms with Gasteiger partial charge in [0.05, 0.1) is 45.5 Å². The van der Waals surface area contributed by atoms with Crippen molar-refractivity contribution >= 4 is 68.1 Å². The van der Waals surface area contributed by atoms with Crippen LogP contribution in [-0.4, -0.2) is 162 Å². The van der Waals surface area contributed by atoms with E-state index in [2.05, 4.69) is 0 Å². The molecule has 0 fully saturated rings. The number of anilines is 4. The second kappa shape index (κ2) is 13.6. The van der Waals surface area contributed by atoms with Gasteiger partial charge in [0.2, 0.25) is 0 Å². The SMILES string of the molecule is CN(C)C1=C(N(C)C)c2nc1nc1[n-]c(nc3nc(nc4[n-]c(n2)c(N(C)C)c4N(C)C)C(N(C)C)=C3N(C)C)c(N(C)C)c1N(C)C.[Ni+2]. The average Bonchev–Trinajstić information content (AvgIpc) is 3.69. The number of nitrogens with zero attached hydrogens (tertiary/aromatic N) is 16. The maximum atomic E-state index is 5.13. The largest absolute Gasteiger partial charge is 2.00 e. The van der Waals surface area contributed by atoms with E-state index < -0.39 is 0 Å². The van der Waals surface area contributed by atoms with E-state index in [0.717, 1.165) is 45.5 Å². The van der Waals surface area contributed by atoms with Gasteiger partial charge in [-0.1, -0.05) is 0 Å². The van der Waals surface area contributed by atoms with Gasteiger partial charge in [0.1, 0.15) is 23.3 Å². The molecule has 0 aromatic carbocycles. The first-order valence-electron chi connectivity index (χ1n) is 15.5. The van der Waals surface area contributed by atoms with E-state index in [4.69, 9.17) is 39.9 Å². The van der Waals surface area contributed by atoms with Crippen LogP contribution < -0.4 is 29.6 Å². The molecule has 2 aliphatic rings. The molecule has 0 amide bonds. The van der Waals surface area contributed by atoms with E-state index in [0.29, 0.717) is 45.9 Å². The predicted molar refractivity (Wildman–Crippen MR) is 196 cm³/mol. The van der Waals surface area contributed by atoms with Crippen LogP contribution in [0, 0.1) is 0 Å². The third-order valence-electron chi connectivity index (χ3n) is 7.86. The van der Waals surface area contributed by atoms with Crippen LogP contribution in [0.1, 0.15) is 23.3 Å². The summed E-state index contributed by atoms with van der Waals surface area (Å²) in [6.07, 6.45) is 0. The summed E-state index contributed by atoms with van der Waals surface area (Å²) in [4.78, 5) is 56.7. The quantitative estimate of drug-likeness (QED) is 0.311. The fourth-order valence-corrected chi connectivity index (χ4v) is 5.99. The van der Waals surface area contributed by atoms with Crippen molar-refractivity contribution in [3.05, 3.63) is 23.3 Å². The Bertz CT molecular complexity index is 1690. The number of hydrogen-bond acceptors (Lipinski definition) is 14. The Morgan fingerprint density at radius 3 is 0.612 bits per heavy atom. The third kappa shape index (κ3) is 6.39. The number of hydrogen-bond donors (Lipinski definition) is 0. The zero-order valence-electron chi connectivity index (χ0n) is 31.5. The van der Waals surface area contributed by atoms with Gasteiger partial charge in [0.15, 0.2) is 0 Å². The Labute approximate surface area is 299 Å². The molecule has 0 saturated carbocycles. The minimum atomic E-state index is 0. The van der Waals surface area contributed by atoms with Crippen molar-refractivity contribution in [1.82, 2.24) is 59.5 Å². The molecule has 0 aliphatic carbocycles. The van der Waals surface area contributed by atoms with Crippen molar-refractivity contribution in [2.24, 2.45) is 0 Å².